The lowest BCUT2D eigenvalue weighted by molar-refractivity contribution is 0.104. The lowest BCUT2D eigenvalue weighted by atomic mass is 10.0. The van der Waals surface area contributed by atoms with Crippen molar-refractivity contribution < 1.29 is 9.15 Å². The Kier molecular flexibility index (Phi) is 5.08. The van der Waals surface area contributed by atoms with Crippen LogP contribution in [0.15, 0.2) is 47.1 Å². The smallest absolute Gasteiger partial charge is 0.129 e. The molecule has 1 fully saturated rings. The van der Waals surface area contributed by atoms with Gasteiger partial charge in [-0.2, -0.15) is 0 Å². The van der Waals surface area contributed by atoms with E-state index in [0.29, 0.717) is 6.61 Å². The van der Waals surface area contributed by atoms with Gasteiger partial charge in [-0.3, -0.25) is 0 Å². The molecule has 3 nitrogen and oxygen atoms in total. The number of hydrogen-bond acceptors (Lipinski definition) is 3. The summed E-state index contributed by atoms with van der Waals surface area (Å²) in [5.41, 5.74) is 3.00. The first-order valence-electron chi connectivity index (χ1n) is 7.82. The molecule has 1 aliphatic rings. The molecule has 0 radical (unpaired) electrons. The molecule has 1 heterocycles. The van der Waals surface area contributed by atoms with Gasteiger partial charge in [-0.05, 0) is 55.0 Å². The van der Waals surface area contributed by atoms with Crippen molar-refractivity contribution in [1.82, 2.24) is 5.32 Å². The van der Waals surface area contributed by atoms with Gasteiger partial charge in [0.05, 0.1) is 6.26 Å². The molecule has 1 aliphatic carbocycles. The fourth-order valence-corrected chi connectivity index (χ4v) is 2.58. The van der Waals surface area contributed by atoms with E-state index in [0.717, 1.165) is 37.8 Å². The van der Waals surface area contributed by atoms with Gasteiger partial charge in [0.15, 0.2) is 0 Å². The van der Waals surface area contributed by atoms with Gasteiger partial charge < -0.3 is 14.5 Å². The Morgan fingerprint density at radius 1 is 1.14 bits per heavy atom. The summed E-state index contributed by atoms with van der Waals surface area (Å²) in [6.45, 7) is 3.28. The van der Waals surface area contributed by atoms with Gasteiger partial charge in [0.25, 0.3) is 0 Å². The maximum Gasteiger partial charge on any atom is 0.129 e. The fraction of sp³-hybridized carbons (Fsp3) is 0.444. The summed E-state index contributed by atoms with van der Waals surface area (Å²) in [6.07, 6.45) is 5.42. The van der Waals surface area contributed by atoms with Gasteiger partial charge in [-0.1, -0.05) is 24.3 Å². The van der Waals surface area contributed by atoms with E-state index in [4.69, 9.17) is 9.15 Å². The lowest BCUT2D eigenvalue weighted by Gasteiger charge is -2.10. The maximum absolute atomic E-state index is 5.57. The zero-order valence-corrected chi connectivity index (χ0v) is 12.4. The molecule has 1 saturated carbocycles. The maximum atomic E-state index is 5.57. The first-order chi connectivity index (χ1) is 10.4. The monoisotopic (exact) mass is 285 g/mol. The molecule has 0 spiro atoms. The SMILES string of the molecule is c1coc(COCCCNCc2ccccc2C2CC2)c1. The highest BCUT2D eigenvalue weighted by molar-refractivity contribution is 5.33. The Morgan fingerprint density at radius 3 is 2.86 bits per heavy atom. The van der Waals surface area contributed by atoms with Crippen LogP contribution in [0.1, 0.15) is 42.1 Å². The van der Waals surface area contributed by atoms with Crippen molar-refractivity contribution in [2.45, 2.75) is 38.3 Å². The standard InChI is InChI=1S/C18H23NO2/c1-2-7-18(15-8-9-15)16(5-1)13-19-10-4-11-20-14-17-6-3-12-21-17/h1-3,5-7,12,15,19H,4,8-11,13-14H2. The Balaban J connectivity index is 1.30. The molecule has 0 bridgehead atoms. The second-order valence-electron chi connectivity index (χ2n) is 5.64. The highest BCUT2D eigenvalue weighted by Gasteiger charge is 2.25. The third-order valence-corrected chi connectivity index (χ3v) is 3.85. The first kappa shape index (κ1) is 14.4. The van der Waals surface area contributed by atoms with Crippen LogP contribution in [0.2, 0.25) is 0 Å². The molecule has 3 rings (SSSR count). The number of nitrogens with one attached hydrogen (secondary N) is 1. The largest absolute Gasteiger partial charge is 0.467 e. The summed E-state index contributed by atoms with van der Waals surface area (Å²) in [5, 5.41) is 3.51. The van der Waals surface area contributed by atoms with E-state index in [-0.39, 0.29) is 0 Å². The fourth-order valence-electron chi connectivity index (χ4n) is 2.58. The topological polar surface area (TPSA) is 34.4 Å². The average molecular weight is 285 g/mol. The van der Waals surface area contributed by atoms with E-state index >= 15 is 0 Å². The number of ether oxygens (including phenoxy) is 1. The van der Waals surface area contributed by atoms with Crippen molar-refractivity contribution >= 4 is 0 Å². The van der Waals surface area contributed by atoms with E-state index in [9.17, 15) is 0 Å². The minimum absolute atomic E-state index is 0.567. The highest BCUT2D eigenvalue weighted by atomic mass is 16.5. The van der Waals surface area contributed by atoms with Gasteiger partial charge in [0, 0.05) is 13.2 Å². The van der Waals surface area contributed by atoms with Crippen molar-refractivity contribution in [3.63, 3.8) is 0 Å². The lowest BCUT2D eigenvalue weighted by Crippen LogP contribution is -2.17. The Morgan fingerprint density at radius 2 is 2.05 bits per heavy atom. The van der Waals surface area contributed by atoms with Crippen molar-refractivity contribution in [3.05, 3.63) is 59.5 Å². The van der Waals surface area contributed by atoms with Crippen molar-refractivity contribution in [3.8, 4) is 0 Å². The molecule has 112 valence electrons. The molecule has 1 aromatic carbocycles. The van der Waals surface area contributed by atoms with Gasteiger partial charge in [-0.15, -0.1) is 0 Å². The molecule has 1 N–H and O–H groups in total. The summed E-state index contributed by atoms with van der Waals surface area (Å²) in [7, 11) is 0. The molecule has 0 saturated heterocycles. The van der Waals surface area contributed by atoms with Gasteiger partial charge in [0.2, 0.25) is 0 Å². The Hall–Kier alpha value is -1.58. The van der Waals surface area contributed by atoms with Gasteiger partial charge in [0.1, 0.15) is 12.4 Å². The Bertz CT molecular complexity index is 532. The zero-order valence-electron chi connectivity index (χ0n) is 12.4. The van der Waals surface area contributed by atoms with E-state index in [1.54, 1.807) is 11.8 Å². The summed E-state index contributed by atoms with van der Waals surface area (Å²) in [6, 6.07) is 12.6. The van der Waals surface area contributed by atoms with Gasteiger partial charge >= 0.3 is 0 Å². The van der Waals surface area contributed by atoms with Crippen molar-refractivity contribution in [1.29, 1.82) is 0 Å². The number of furan rings is 1. The van der Waals surface area contributed by atoms with E-state index in [1.807, 2.05) is 12.1 Å². The average Bonchev–Trinajstić information content (AvgIpc) is 3.23. The summed E-state index contributed by atoms with van der Waals surface area (Å²) >= 11 is 0. The minimum atomic E-state index is 0.567. The molecule has 2 aromatic rings. The molecular weight excluding hydrogens is 262 g/mol. The van der Waals surface area contributed by atoms with Crippen LogP contribution in [0.4, 0.5) is 0 Å². The van der Waals surface area contributed by atoms with Crippen molar-refractivity contribution in [2.24, 2.45) is 0 Å². The van der Waals surface area contributed by atoms with Crippen LogP contribution < -0.4 is 5.32 Å². The number of hydrogen-bond donors (Lipinski definition) is 1. The summed E-state index contributed by atoms with van der Waals surface area (Å²) in [4.78, 5) is 0. The third-order valence-electron chi connectivity index (χ3n) is 3.85. The molecule has 0 unspecified atom stereocenters. The summed E-state index contributed by atoms with van der Waals surface area (Å²) < 4.78 is 10.8. The van der Waals surface area contributed by atoms with E-state index < -0.39 is 0 Å². The first-order valence-corrected chi connectivity index (χ1v) is 7.82. The van der Waals surface area contributed by atoms with Crippen LogP contribution in [0.25, 0.3) is 0 Å². The third kappa shape index (κ3) is 4.45. The Labute approximate surface area is 126 Å². The predicted molar refractivity (Wildman–Crippen MR) is 83.1 cm³/mol. The van der Waals surface area contributed by atoms with Crippen LogP contribution >= 0.6 is 0 Å². The number of benzene rings is 1. The molecule has 0 amide bonds. The molecular formula is C18H23NO2. The van der Waals surface area contributed by atoms with Gasteiger partial charge in [-0.25, -0.2) is 0 Å². The highest BCUT2D eigenvalue weighted by Crippen LogP contribution is 2.41. The van der Waals surface area contributed by atoms with E-state index in [2.05, 4.69) is 29.6 Å². The zero-order chi connectivity index (χ0) is 14.3. The normalized spacial score (nSPS) is 14.5. The predicted octanol–water partition coefficient (Wildman–Crippen LogP) is 3.85. The minimum Gasteiger partial charge on any atom is -0.467 e. The molecule has 0 aliphatic heterocycles. The van der Waals surface area contributed by atoms with E-state index in [1.165, 1.54) is 18.4 Å². The second-order valence-corrected chi connectivity index (χ2v) is 5.64. The van der Waals surface area contributed by atoms with Crippen LogP contribution in [-0.4, -0.2) is 13.2 Å². The molecule has 0 atom stereocenters. The summed E-state index contributed by atoms with van der Waals surface area (Å²) in [5.74, 6) is 1.71. The molecule has 21 heavy (non-hydrogen) atoms. The molecule has 1 aromatic heterocycles. The quantitative estimate of drug-likeness (QED) is 0.711. The van der Waals surface area contributed by atoms with Crippen molar-refractivity contribution in [2.75, 3.05) is 13.2 Å². The van der Waals surface area contributed by atoms with Crippen LogP contribution in [0, 0.1) is 0 Å². The second kappa shape index (κ2) is 7.43. The van der Waals surface area contributed by atoms with Crippen LogP contribution in [-0.2, 0) is 17.9 Å². The van der Waals surface area contributed by atoms with Crippen LogP contribution in [0.5, 0.6) is 0 Å². The van der Waals surface area contributed by atoms with Crippen LogP contribution in [0.3, 0.4) is 0 Å². The number of rotatable bonds is 9. The molecule has 3 heteroatoms.